The van der Waals surface area contributed by atoms with Gasteiger partial charge in [0.15, 0.2) is 0 Å². The zero-order chi connectivity index (χ0) is 14.5. The average Bonchev–Trinajstić information content (AvgIpc) is 2.42. The van der Waals surface area contributed by atoms with Crippen molar-refractivity contribution in [3.8, 4) is 0 Å². The van der Waals surface area contributed by atoms with Gasteiger partial charge in [-0.2, -0.15) is 0 Å². The Balaban J connectivity index is 2.35. The van der Waals surface area contributed by atoms with Crippen molar-refractivity contribution in [1.82, 2.24) is 5.32 Å². The van der Waals surface area contributed by atoms with Crippen LogP contribution in [-0.2, 0) is 4.74 Å². The molecule has 0 spiro atoms. The average molecular weight is 283 g/mol. The second kappa shape index (κ2) is 12.6. The molecule has 20 heavy (non-hydrogen) atoms. The van der Waals surface area contributed by atoms with Crippen LogP contribution in [0.5, 0.6) is 0 Å². The van der Waals surface area contributed by atoms with Crippen LogP contribution in [0.1, 0.15) is 90.4 Å². The molecule has 1 aliphatic carbocycles. The van der Waals surface area contributed by atoms with Gasteiger partial charge in [0, 0.05) is 19.2 Å². The maximum absolute atomic E-state index is 5.37. The molecule has 0 heterocycles. The van der Waals surface area contributed by atoms with Gasteiger partial charge in [-0.15, -0.1) is 0 Å². The number of rotatable bonds is 6. The highest BCUT2D eigenvalue weighted by molar-refractivity contribution is 4.75. The minimum Gasteiger partial charge on any atom is -0.383 e. The molecule has 0 bridgehead atoms. The summed E-state index contributed by atoms with van der Waals surface area (Å²) in [5, 5.41) is 3.88. The van der Waals surface area contributed by atoms with Crippen molar-refractivity contribution >= 4 is 0 Å². The van der Waals surface area contributed by atoms with Crippen LogP contribution in [0.15, 0.2) is 0 Å². The standard InChI is InChI=1S/C18H37NO/c1-3-13-18(16-20-2)19-17-14-11-9-7-5-4-6-8-10-12-15-17/h17-19H,3-16H2,1-2H3. The van der Waals surface area contributed by atoms with E-state index in [1.807, 2.05) is 7.11 Å². The number of nitrogens with one attached hydrogen (secondary N) is 1. The zero-order valence-electron chi connectivity index (χ0n) is 14.0. The van der Waals surface area contributed by atoms with Crippen molar-refractivity contribution in [3.63, 3.8) is 0 Å². The predicted molar refractivity (Wildman–Crippen MR) is 88.3 cm³/mol. The van der Waals surface area contributed by atoms with Gasteiger partial charge in [0.2, 0.25) is 0 Å². The maximum atomic E-state index is 5.37. The summed E-state index contributed by atoms with van der Waals surface area (Å²) < 4.78 is 5.37. The summed E-state index contributed by atoms with van der Waals surface area (Å²) in [5.41, 5.74) is 0. The Kier molecular flexibility index (Phi) is 11.4. The summed E-state index contributed by atoms with van der Waals surface area (Å²) >= 11 is 0. The molecule has 0 amide bonds. The molecule has 1 aliphatic rings. The molecule has 0 saturated heterocycles. The molecule has 2 heteroatoms. The molecule has 1 saturated carbocycles. The first-order valence-corrected chi connectivity index (χ1v) is 9.11. The van der Waals surface area contributed by atoms with Crippen molar-refractivity contribution in [2.45, 2.75) is 102 Å². The van der Waals surface area contributed by atoms with Crippen LogP contribution in [0.3, 0.4) is 0 Å². The summed E-state index contributed by atoms with van der Waals surface area (Å²) in [6.45, 7) is 3.13. The van der Waals surface area contributed by atoms with E-state index in [4.69, 9.17) is 4.74 Å². The fourth-order valence-electron chi connectivity index (χ4n) is 3.43. The Hall–Kier alpha value is -0.0800. The highest BCUT2D eigenvalue weighted by Gasteiger charge is 2.14. The topological polar surface area (TPSA) is 21.3 Å². The zero-order valence-corrected chi connectivity index (χ0v) is 14.0. The summed E-state index contributed by atoms with van der Waals surface area (Å²) in [6, 6.07) is 1.28. The smallest absolute Gasteiger partial charge is 0.0615 e. The van der Waals surface area contributed by atoms with Crippen LogP contribution >= 0.6 is 0 Å². The van der Waals surface area contributed by atoms with Crippen molar-refractivity contribution in [1.29, 1.82) is 0 Å². The molecule has 1 unspecified atom stereocenters. The third-order valence-corrected chi connectivity index (χ3v) is 4.58. The van der Waals surface area contributed by atoms with Gasteiger partial charge in [-0.25, -0.2) is 0 Å². The quantitative estimate of drug-likeness (QED) is 0.735. The Morgan fingerprint density at radius 1 is 0.900 bits per heavy atom. The second-order valence-corrected chi connectivity index (χ2v) is 6.56. The first kappa shape index (κ1) is 18.0. The highest BCUT2D eigenvalue weighted by Crippen LogP contribution is 2.17. The van der Waals surface area contributed by atoms with Gasteiger partial charge in [-0.05, 0) is 19.3 Å². The number of hydrogen-bond acceptors (Lipinski definition) is 2. The number of hydrogen-bond donors (Lipinski definition) is 1. The van der Waals surface area contributed by atoms with Crippen LogP contribution in [0.25, 0.3) is 0 Å². The van der Waals surface area contributed by atoms with E-state index in [1.54, 1.807) is 0 Å². The largest absolute Gasteiger partial charge is 0.383 e. The summed E-state index contributed by atoms with van der Waals surface area (Å²) in [5.74, 6) is 0. The Morgan fingerprint density at radius 3 is 1.85 bits per heavy atom. The van der Waals surface area contributed by atoms with Crippen molar-refractivity contribution in [2.75, 3.05) is 13.7 Å². The first-order valence-electron chi connectivity index (χ1n) is 9.11. The summed E-state index contributed by atoms with van der Waals surface area (Å²) in [6.07, 6.45) is 18.2. The lowest BCUT2D eigenvalue weighted by molar-refractivity contribution is 0.153. The van der Waals surface area contributed by atoms with Crippen LogP contribution in [0, 0.1) is 0 Å². The molecule has 1 atom stereocenters. The molecule has 0 aromatic heterocycles. The predicted octanol–water partition coefficient (Wildman–Crippen LogP) is 5.06. The first-order chi connectivity index (χ1) is 9.86. The molecular formula is C18H37NO. The van der Waals surface area contributed by atoms with E-state index in [0.717, 1.165) is 12.6 Å². The Bertz CT molecular complexity index is 190. The van der Waals surface area contributed by atoms with Crippen LogP contribution in [0.4, 0.5) is 0 Å². The molecule has 0 aliphatic heterocycles. The van der Waals surface area contributed by atoms with Gasteiger partial charge < -0.3 is 10.1 Å². The Morgan fingerprint density at radius 2 is 1.40 bits per heavy atom. The number of ether oxygens (including phenoxy) is 1. The van der Waals surface area contributed by atoms with Gasteiger partial charge in [0.25, 0.3) is 0 Å². The van der Waals surface area contributed by atoms with E-state index in [0.29, 0.717) is 6.04 Å². The second-order valence-electron chi connectivity index (χ2n) is 6.56. The lowest BCUT2D eigenvalue weighted by Crippen LogP contribution is -2.41. The van der Waals surface area contributed by atoms with Gasteiger partial charge in [-0.3, -0.25) is 0 Å². The van der Waals surface area contributed by atoms with E-state index in [2.05, 4.69) is 12.2 Å². The minimum absolute atomic E-state index is 0.558. The van der Waals surface area contributed by atoms with E-state index in [-0.39, 0.29) is 0 Å². The van der Waals surface area contributed by atoms with E-state index in [1.165, 1.54) is 83.5 Å². The lowest BCUT2D eigenvalue weighted by Gasteiger charge is -2.26. The molecule has 2 nitrogen and oxygen atoms in total. The molecule has 1 fully saturated rings. The maximum Gasteiger partial charge on any atom is 0.0615 e. The van der Waals surface area contributed by atoms with E-state index in [9.17, 15) is 0 Å². The molecule has 0 aromatic carbocycles. The van der Waals surface area contributed by atoms with Crippen LogP contribution < -0.4 is 5.32 Å². The highest BCUT2D eigenvalue weighted by atomic mass is 16.5. The molecule has 0 radical (unpaired) electrons. The van der Waals surface area contributed by atoms with Crippen LogP contribution in [0.2, 0.25) is 0 Å². The fourth-order valence-corrected chi connectivity index (χ4v) is 3.43. The van der Waals surface area contributed by atoms with Crippen molar-refractivity contribution in [3.05, 3.63) is 0 Å². The van der Waals surface area contributed by atoms with Crippen molar-refractivity contribution < 1.29 is 4.74 Å². The molecule has 120 valence electrons. The SMILES string of the molecule is CCCC(COC)NC1CCCCCCCCCCC1. The molecule has 0 aromatic rings. The third-order valence-electron chi connectivity index (χ3n) is 4.58. The van der Waals surface area contributed by atoms with Gasteiger partial charge in [0.1, 0.15) is 0 Å². The normalized spacial score (nSPS) is 21.9. The molecule has 1 rings (SSSR count). The summed E-state index contributed by atoms with van der Waals surface area (Å²) in [7, 11) is 1.82. The minimum atomic E-state index is 0.558. The van der Waals surface area contributed by atoms with Crippen molar-refractivity contribution in [2.24, 2.45) is 0 Å². The molecule has 1 N–H and O–H groups in total. The lowest BCUT2D eigenvalue weighted by atomic mass is 9.97. The van der Waals surface area contributed by atoms with E-state index < -0.39 is 0 Å². The van der Waals surface area contributed by atoms with Crippen LogP contribution in [-0.4, -0.2) is 25.8 Å². The fraction of sp³-hybridized carbons (Fsp3) is 1.00. The Labute approximate surface area is 127 Å². The number of methoxy groups -OCH3 is 1. The van der Waals surface area contributed by atoms with Gasteiger partial charge in [-0.1, -0.05) is 71.1 Å². The monoisotopic (exact) mass is 283 g/mol. The molecular weight excluding hydrogens is 246 g/mol. The van der Waals surface area contributed by atoms with E-state index >= 15 is 0 Å². The van der Waals surface area contributed by atoms with Gasteiger partial charge >= 0.3 is 0 Å². The summed E-state index contributed by atoms with van der Waals surface area (Å²) in [4.78, 5) is 0. The van der Waals surface area contributed by atoms with Gasteiger partial charge in [0.05, 0.1) is 6.61 Å². The third kappa shape index (κ3) is 8.97.